The van der Waals surface area contributed by atoms with Crippen LogP contribution in [0.1, 0.15) is 95.9 Å². The molecule has 3 N–H and O–H groups in total. The first-order valence-electron chi connectivity index (χ1n) is 12.6. The van der Waals surface area contributed by atoms with E-state index < -0.39 is 6.10 Å². The van der Waals surface area contributed by atoms with Gasteiger partial charge in [-0.1, -0.05) is 79.7 Å². The van der Waals surface area contributed by atoms with E-state index in [1.807, 2.05) is 24.3 Å². The summed E-state index contributed by atoms with van der Waals surface area (Å²) in [5.74, 6) is 0.877. The zero-order chi connectivity index (χ0) is 26.0. The monoisotopic (exact) mass is 478 g/mol. The second kappa shape index (κ2) is 10.5. The van der Waals surface area contributed by atoms with Gasteiger partial charge < -0.3 is 19.9 Å². The van der Waals surface area contributed by atoms with Crippen molar-refractivity contribution in [2.24, 2.45) is 0 Å². The molecule has 0 radical (unpaired) electrons. The lowest BCUT2D eigenvalue weighted by Crippen LogP contribution is -2.21. The fraction of sp³-hybridized carbons (Fsp3) is 0.500. The predicted octanol–water partition coefficient (Wildman–Crippen LogP) is 6.81. The number of nitrogens with zero attached hydrogens (tertiary/aromatic N) is 1. The van der Waals surface area contributed by atoms with E-state index in [4.69, 9.17) is 9.40 Å². The maximum atomic E-state index is 11.0. The van der Waals surface area contributed by atoms with Crippen molar-refractivity contribution in [2.45, 2.75) is 97.8 Å². The van der Waals surface area contributed by atoms with Crippen molar-refractivity contribution in [2.75, 3.05) is 0 Å². The second-order valence-corrected chi connectivity index (χ2v) is 11.9. The molecule has 0 aliphatic rings. The van der Waals surface area contributed by atoms with Crippen molar-refractivity contribution in [3.05, 3.63) is 70.6 Å². The summed E-state index contributed by atoms with van der Waals surface area (Å²) in [5.41, 5.74) is 5.08. The Bertz CT molecular complexity index is 1080. The number of hydrogen-bond acceptors (Lipinski definition) is 5. The Kier molecular flexibility index (Phi) is 8.13. The van der Waals surface area contributed by atoms with Crippen LogP contribution in [-0.2, 0) is 23.8 Å². The summed E-state index contributed by atoms with van der Waals surface area (Å²) in [7, 11) is 0. The van der Waals surface area contributed by atoms with Crippen LogP contribution in [0.4, 0.5) is 0 Å². The number of aliphatic hydroxyl groups excluding tert-OH is 1. The quantitative estimate of drug-likeness (QED) is 0.332. The molecule has 190 valence electrons. The lowest BCUT2D eigenvalue weighted by atomic mass is 9.78. The number of aliphatic hydroxyl groups is 1. The summed E-state index contributed by atoms with van der Waals surface area (Å²) in [6.07, 6.45) is 2.28. The van der Waals surface area contributed by atoms with Gasteiger partial charge in [-0.15, -0.1) is 0 Å². The van der Waals surface area contributed by atoms with Gasteiger partial charge in [0, 0.05) is 29.3 Å². The third kappa shape index (κ3) is 6.96. The maximum Gasteiger partial charge on any atom is 0.226 e. The molecule has 0 amide bonds. The van der Waals surface area contributed by atoms with Gasteiger partial charge in [0.15, 0.2) is 0 Å². The van der Waals surface area contributed by atoms with Gasteiger partial charge in [0.2, 0.25) is 5.89 Å². The Balaban J connectivity index is 1.74. The molecule has 0 spiro atoms. The topological polar surface area (TPSA) is 78.5 Å². The summed E-state index contributed by atoms with van der Waals surface area (Å²) in [4.78, 5) is 4.71. The minimum absolute atomic E-state index is 0.222. The van der Waals surface area contributed by atoms with Crippen molar-refractivity contribution in [1.29, 1.82) is 0 Å². The van der Waals surface area contributed by atoms with E-state index in [0.29, 0.717) is 30.5 Å². The number of nitrogens with one attached hydrogen (secondary N) is 1. The number of aromatic nitrogens is 1. The van der Waals surface area contributed by atoms with E-state index in [1.54, 1.807) is 6.26 Å². The van der Waals surface area contributed by atoms with Gasteiger partial charge in [-0.3, -0.25) is 0 Å². The molecule has 5 heteroatoms. The molecule has 3 aromatic rings. The van der Waals surface area contributed by atoms with E-state index in [9.17, 15) is 10.2 Å². The third-order valence-corrected chi connectivity index (χ3v) is 6.28. The SMILES string of the molecule is CC(C)NCc1ccc(C(O)CCc2coc(-c3cc(C(C)(C)C)c(O)c(C(C)(C)C)c3)n2)cc1. The van der Waals surface area contributed by atoms with Gasteiger partial charge in [-0.25, -0.2) is 4.98 Å². The lowest BCUT2D eigenvalue weighted by molar-refractivity contribution is 0.167. The fourth-order valence-corrected chi connectivity index (χ4v) is 4.09. The Morgan fingerprint density at radius 1 is 0.943 bits per heavy atom. The van der Waals surface area contributed by atoms with Gasteiger partial charge in [-0.2, -0.15) is 0 Å². The van der Waals surface area contributed by atoms with Crippen molar-refractivity contribution in [3.8, 4) is 17.2 Å². The lowest BCUT2D eigenvalue weighted by Gasteiger charge is -2.27. The molecule has 3 rings (SSSR count). The van der Waals surface area contributed by atoms with E-state index >= 15 is 0 Å². The normalized spacial score (nSPS) is 13.4. The predicted molar refractivity (Wildman–Crippen MR) is 143 cm³/mol. The van der Waals surface area contributed by atoms with Crippen LogP contribution in [0, 0.1) is 0 Å². The molecule has 5 nitrogen and oxygen atoms in total. The molecule has 0 aliphatic heterocycles. The zero-order valence-corrected chi connectivity index (χ0v) is 22.6. The molecule has 0 saturated carbocycles. The van der Waals surface area contributed by atoms with Gasteiger partial charge in [0.05, 0.1) is 11.8 Å². The highest BCUT2D eigenvalue weighted by atomic mass is 16.3. The average molecular weight is 479 g/mol. The summed E-state index contributed by atoms with van der Waals surface area (Å²) >= 11 is 0. The van der Waals surface area contributed by atoms with E-state index in [1.165, 1.54) is 5.56 Å². The molecule has 1 atom stereocenters. The molecule has 0 saturated heterocycles. The van der Waals surface area contributed by atoms with Crippen LogP contribution in [-0.4, -0.2) is 21.2 Å². The number of aryl methyl sites for hydroxylation is 1. The van der Waals surface area contributed by atoms with Crippen LogP contribution in [0.2, 0.25) is 0 Å². The van der Waals surface area contributed by atoms with Crippen LogP contribution in [0.25, 0.3) is 11.5 Å². The van der Waals surface area contributed by atoms with Crippen molar-refractivity contribution < 1.29 is 14.6 Å². The van der Waals surface area contributed by atoms with Crippen LogP contribution in [0.15, 0.2) is 47.1 Å². The summed E-state index contributed by atoms with van der Waals surface area (Å²) in [6.45, 7) is 17.6. The van der Waals surface area contributed by atoms with Crippen molar-refractivity contribution in [3.63, 3.8) is 0 Å². The van der Waals surface area contributed by atoms with Crippen molar-refractivity contribution in [1.82, 2.24) is 10.3 Å². The van der Waals surface area contributed by atoms with Crippen LogP contribution >= 0.6 is 0 Å². The molecular formula is C30H42N2O3. The minimum atomic E-state index is -0.559. The highest BCUT2D eigenvalue weighted by Crippen LogP contribution is 2.41. The molecule has 2 aromatic carbocycles. The highest BCUT2D eigenvalue weighted by molar-refractivity contribution is 5.63. The number of aromatic hydroxyl groups is 1. The number of phenolic OH excluding ortho intramolecular Hbond substituents is 1. The summed E-state index contributed by atoms with van der Waals surface area (Å²) in [6, 6.07) is 12.5. The van der Waals surface area contributed by atoms with Crippen LogP contribution in [0.5, 0.6) is 5.75 Å². The molecule has 1 unspecified atom stereocenters. The Morgan fingerprint density at radius 3 is 2.03 bits per heavy atom. The van der Waals surface area contributed by atoms with Crippen molar-refractivity contribution >= 4 is 0 Å². The maximum absolute atomic E-state index is 11.0. The van der Waals surface area contributed by atoms with Crippen LogP contribution in [0.3, 0.4) is 0 Å². The first kappa shape index (κ1) is 27.0. The molecular weight excluding hydrogens is 436 g/mol. The Morgan fingerprint density at radius 2 is 1.51 bits per heavy atom. The number of phenols is 1. The molecule has 1 heterocycles. The number of benzene rings is 2. The molecule has 0 fully saturated rings. The number of rotatable bonds is 8. The third-order valence-electron chi connectivity index (χ3n) is 6.28. The molecule has 0 bridgehead atoms. The second-order valence-electron chi connectivity index (χ2n) is 11.9. The van der Waals surface area contributed by atoms with Crippen LogP contribution < -0.4 is 5.32 Å². The molecule has 1 aromatic heterocycles. The summed E-state index contributed by atoms with van der Waals surface area (Å²) < 4.78 is 5.84. The zero-order valence-electron chi connectivity index (χ0n) is 22.6. The standard InChI is InChI=1S/C30H42N2O3/c1-19(2)31-17-20-9-11-21(12-10-20)26(33)14-13-23-18-35-28(32-23)22-15-24(29(3,4)5)27(34)25(16-22)30(6,7)8/h9-12,15-16,18-19,26,31,33-34H,13-14,17H2,1-8H3. The average Bonchev–Trinajstić information content (AvgIpc) is 3.24. The van der Waals surface area contributed by atoms with Gasteiger partial charge in [0.1, 0.15) is 12.0 Å². The van der Waals surface area contributed by atoms with E-state index in [2.05, 4.69) is 72.8 Å². The summed E-state index contributed by atoms with van der Waals surface area (Å²) in [5, 5.41) is 25.1. The highest BCUT2D eigenvalue weighted by Gasteiger charge is 2.27. The number of hydrogen-bond donors (Lipinski definition) is 3. The first-order chi connectivity index (χ1) is 16.3. The smallest absolute Gasteiger partial charge is 0.226 e. The van der Waals surface area contributed by atoms with E-state index in [0.717, 1.165) is 34.5 Å². The molecule has 0 aliphatic carbocycles. The number of oxazole rings is 1. The first-order valence-corrected chi connectivity index (χ1v) is 12.6. The Labute approximate surface area is 210 Å². The largest absolute Gasteiger partial charge is 0.507 e. The Hall–Kier alpha value is -2.63. The minimum Gasteiger partial charge on any atom is -0.507 e. The van der Waals surface area contributed by atoms with E-state index in [-0.39, 0.29) is 10.8 Å². The van der Waals surface area contributed by atoms with Gasteiger partial charge >= 0.3 is 0 Å². The van der Waals surface area contributed by atoms with Gasteiger partial charge in [-0.05, 0) is 46.9 Å². The fourth-order valence-electron chi connectivity index (χ4n) is 4.09. The van der Waals surface area contributed by atoms with Gasteiger partial charge in [0.25, 0.3) is 0 Å². The molecule has 35 heavy (non-hydrogen) atoms.